The summed E-state index contributed by atoms with van der Waals surface area (Å²) in [7, 11) is 2.00. The summed E-state index contributed by atoms with van der Waals surface area (Å²) in [5.74, 6) is 1.32. The molecule has 1 aliphatic rings. The van der Waals surface area contributed by atoms with Crippen molar-refractivity contribution < 1.29 is 4.74 Å². The van der Waals surface area contributed by atoms with Gasteiger partial charge in [0.15, 0.2) is 0 Å². The number of ether oxygens (including phenoxy) is 1. The van der Waals surface area contributed by atoms with Crippen LogP contribution in [0, 0.1) is 12.8 Å². The summed E-state index contributed by atoms with van der Waals surface area (Å²) in [5.41, 5.74) is 2.71. The molecule has 1 atom stereocenters. The molecule has 1 aromatic carbocycles. The molecule has 0 bridgehead atoms. The Morgan fingerprint density at radius 1 is 1.41 bits per heavy atom. The first-order valence-electron chi connectivity index (χ1n) is 6.58. The van der Waals surface area contributed by atoms with Crippen LogP contribution in [0.25, 0.3) is 0 Å². The summed E-state index contributed by atoms with van der Waals surface area (Å²) in [6, 6.07) is 8.75. The van der Waals surface area contributed by atoms with Gasteiger partial charge in [0.05, 0.1) is 6.61 Å². The molecular formula is C15H23NO. The Bertz CT molecular complexity index is 347. The third kappa shape index (κ3) is 4.14. The van der Waals surface area contributed by atoms with Gasteiger partial charge < -0.3 is 10.1 Å². The summed E-state index contributed by atoms with van der Waals surface area (Å²) in [4.78, 5) is 0. The van der Waals surface area contributed by atoms with E-state index in [9.17, 15) is 0 Å². The Kier molecular flexibility index (Phi) is 4.57. The number of benzene rings is 1. The largest absolute Gasteiger partial charge is 0.380 e. The molecule has 1 fully saturated rings. The Labute approximate surface area is 104 Å². The van der Waals surface area contributed by atoms with Gasteiger partial charge in [-0.15, -0.1) is 0 Å². The van der Waals surface area contributed by atoms with Gasteiger partial charge in [0.25, 0.3) is 0 Å². The van der Waals surface area contributed by atoms with Crippen molar-refractivity contribution in [3.05, 3.63) is 35.4 Å². The highest BCUT2D eigenvalue weighted by Crippen LogP contribution is 2.29. The number of rotatable bonds is 7. The summed E-state index contributed by atoms with van der Waals surface area (Å²) >= 11 is 0. The first kappa shape index (κ1) is 12.6. The molecule has 1 N–H and O–H groups in total. The maximum absolute atomic E-state index is 5.83. The highest BCUT2D eigenvalue weighted by Gasteiger charge is 2.22. The van der Waals surface area contributed by atoms with Gasteiger partial charge in [-0.3, -0.25) is 0 Å². The van der Waals surface area contributed by atoms with E-state index in [1.807, 2.05) is 7.05 Å². The van der Waals surface area contributed by atoms with E-state index in [1.54, 1.807) is 0 Å². The summed E-state index contributed by atoms with van der Waals surface area (Å²) < 4.78 is 5.83. The second-order valence-corrected chi connectivity index (χ2v) is 5.15. The molecule has 2 nitrogen and oxygen atoms in total. The molecule has 1 unspecified atom stereocenters. The third-order valence-corrected chi connectivity index (χ3v) is 3.33. The molecule has 2 rings (SSSR count). The first-order valence-corrected chi connectivity index (χ1v) is 6.58. The van der Waals surface area contributed by atoms with Crippen molar-refractivity contribution in [3.8, 4) is 0 Å². The number of nitrogens with one attached hydrogen (secondary N) is 1. The van der Waals surface area contributed by atoms with Crippen LogP contribution < -0.4 is 5.32 Å². The Hall–Kier alpha value is -0.860. The van der Waals surface area contributed by atoms with Crippen molar-refractivity contribution in [1.82, 2.24) is 5.32 Å². The molecule has 0 aromatic heterocycles. The average molecular weight is 233 g/mol. The van der Waals surface area contributed by atoms with Crippen LogP contribution in [0.15, 0.2) is 24.3 Å². The van der Waals surface area contributed by atoms with Crippen molar-refractivity contribution in [1.29, 1.82) is 0 Å². The van der Waals surface area contributed by atoms with Crippen molar-refractivity contribution >= 4 is 0 Å². The Morgan fingerprint density at radius 2 is 2.24 bits per heavy atom. The lowest BCUT2D eigenvalue weighted by atomic mass is 9.98. The fourth-order valence-electron chi connectivity index (χ4n) is 2.10. The van der Waals surface area contributed by atoms with Crippen LogP contribution in [0.3, 0.4) is 0 Å². The van der Waals surface area contributed by atoms with E-state index in [0.29, 0.717) is 5.92 Å². The van der Waals surface area contributed by atoms with Gasteiger partial charge in [0.2, 0.25) is 0 Å². The average Bonchev–Trinajstić information content (AvgIpc) is 3.12. The van der Waals surface area contributed by atoms with Gasteiger partial charge in [-0.25, -0.2) is 0 Å². The zero-order chi connectivity index (χ0) is 12.1. The molecule has 0 aliphatic heterocycles. The highest BCUT2D eigenvalue weighted by molar-refractivity contribution is 5.25. The van der Waals surface area contributed by atoms with Gasteiger partial charge >= 0.3 is 0 Å². The van der Waals surface area contributed by atoms with Crippen LogP contribution in [-0.4, -0.2) is 26.8 Å². The maximum atomic E-state index is 5.83. The second kappa shape index (κ2) is 6.18. The minimum absolute atomic E-state index is 0.471. The predicted molar refractivity (Wildman–Crippen MR) is 71.4 cm³/mol. The number of likely N-dealkylation sites (N-methyl/N-ethyl adjacent to an activating group) is 1. The molecule has 1 saturated carbocycles. The molecule has 17 heavy (non-hydrogen) atoms. The predicted octanol–water partition coefficient (Wildman–Crippen LogP) is 2.72. The monoisotopic (exact) mass is 233 g/mol. The second-order valence-electron chi connectivity index (χ2n) is 5.15. The fraction of sp³-hybridized carbons (Fsp3) is 0.600. The molecule has 0 heterocycles. The van der Waals surface area contributed by atoms with E-state index in [0.717, 1.165) is 25.7 Å². The molecule has 0 amide bonds. The molecule has 2 heteroatoms. The third-order valence-electron chi connectivity index (χ3n) is 3.33. The molecule has 0 radical (unpaired) electrons. The first-order chi connectivity index (χ1) is 8.29. The van der Waals surface area contributed by atoms with Crippen LogP contribution >= 0.6 is 0 Å². The Morgan fingerprint density at radius 3 is 2.88 bits per heavy atom. The Balaban J connectivity index is 1.89. The van der Waals surface area contributed by atoms with Gasteiger partial charge in [-0.1, -0.05) is 29.8 Å². The van der Waals surface area contributed by atoms with Gasteiger partial charge in [0, 0.05) is 19.1 Å². The summed E-state index contributed by atoms with van der Waals surface area (Å²) in [6.07, 6.45) is 2.72. The van der Waals surface area contributed by atoms with E-state index in [-0.39, 0.29) is 0 Å². The number of aryl methyl sites for hydroxylation is 1. The summed E-state index contributed by atoms with van der Waals surface area (Å²) in [6.45, 7) is 4.91. The van der Waals surface area contributed by atoms with Crippen LogP contribution in [0.5, 0.6) is 0 Å². The molecule has 0 spiro atoms. The quantitative estimate of drug-likeness (QED) is 0.782. The minimum atomic E-state index is 0.471. The number of hydrogen-bond donors (Lipinski definition) is 1. The molecule has 1 aliphatic carbocycles. The van der Waals surface area contributed by atoms with Crippen LogP contribution in [-0.2, 0) is 4.74 Å². The van der Waals surface area contributed by atoms with Crippen molar-refractivity contribution in [2.24, 2.45) is 5.92 Å². The van der Waals surface area contributed by atoms with E-state index >= 15 is 0 Å². The van der Waals surface area contributed by atoms with Gasteiger partial charge in [0.1, 0.15) is 0 Å². The van der Waals surface area contributed by atoms with Crippen LogP contribution in [0.1, 0.15) is 29.9 Å². The fourth-order valence-corrected chi connectivity index (χ4v) is 2.10. The van der Waals surface area contributed by atoms with Gasteiger partial charge in [-0.2, -0.15) is 0 Å². The molecule has 94 valence electrons. The van der Waals surface area contributed by atoms with Crippen LogP contribution in [0.4, 0.5) is 0 Å². The maximum Gasteiger partial charge on any atom is 0.0547 e. The van der Waals surface area contributed by atoms with E-state index in [2.05, 4.69) is 36.5 Å². The molecule has 1 aromatic rings. The van der Waals surface area contributed by atoms with Crippen molar-refractivity contribution in [2.75, 3.05) is 26.8 Å². The lowest BCUT2D eigenvalue weighted by molar-refractivity contribution is 0.110. The van der Waals surface area contributed by atoms with Crippen molar-refractivity contribution in [3.63, 3.8) is 0 Å². The van der Waals surface area contributed by atoms with Gasteiger partial charge in [-0.05, 0) is 38.3 Å². The SMILES string of the molecule is CNCC(COCC1CC1)c1cccc(C)c1. The summed E-state index contributed by atoms with van der Waals surface area (Å²) in [5, 5.41) is 3.26. The van der Waals surface area contributed by atoms with E-state index in [1.165, 1.54) is 24.0 Å². The smallest absolute Gasteiger partial charge is 0.0547 e. The van der Waals surface area contributed by atoms with E-state index < -0.39 is 0 Å². The van der Waals surface area contributed by atoms with E-state index in [4.69, 9.17) is 4.74 Å². The van der Waals surface area contributed by atoms with Crippen LogP contribution in [0.2, 0.25) is 0 Å². The zero-order valence-electron chi connectivity index (χ0n) is 10.9. The topological polar surface area (TPSA) is 21.3 Å². The van der Waals surface area contributed by atoms with Crippen molar-refractivity contribution in [2.45, 2.75) is 25.7 Å². The molecular weight excluding hydrogens is 210 g/mol. The normalized spacial score (nSPS) is 17.1. The number of hydrogen-bond acceptors (Lipinski definition) is 2. The standard InChI is InChI=1S/C15H23NO/c1-12-4-3-5-14(8-12)15(9-16-2)11-17-10-13-6-7-13/h3-5,8,13,15-16H,6-7,9-11H2,1-2H3. The lowest BCUT2D eigenvalue weighted by Crippen LogP contribution is -2.22. The minimum Gasteiger partial charge on any atom is -0.380 e. The highest BCUT2D eigenvalue weighted by atomic mass is 16.5. The zero-order valence-corrected chi connectivity index (χ0v) is 10.9. The molecule has 0 saturated heterocycles. The lowest BCUT2D eigenvalue weighted by Gasteiger charge is -2.17.